The number of anilines is 1. The number of carbonyl (C=O) groups is 2. The molecule has 0 saturated carbocycles. The van der Waals surface area contributed by atoms with Gasteiger partial charge in [0.15, 0.2) is 11.6 Å². The summed E-state index contributed by atoms with van der Waals surface area (Å²) in [5.74, 6) is -0.589. The molecule has 0 aliphatic heterocycles. The van der Waals surface area contributed by atoms with Crippen molar-refractivity contribution in [2.24, 2.45) is 7.05 Å². The molecule has 3 aromatic rings. The molecule has 0 fully saturated rings. The number of nitrogens with zero attached hydrogens (tertiary/aromatic N) is 4. The lowest BCUT2D eigenvalue weighted by atomic mass is 10.0. The van der Waals surface area contributed by atoms with Crippen molar-refractivity contribution in [2.75, 3.05) is 27.0 Å². The van der Waals surface area contributed by atoms with Crippen LogP contribution in [0.15, 0.2) is 30.5 Å². The molecule has 11 nitrogen and oxygen atoms in total. The molecule has 1 aromatic carbocycles. The minimum atomic E-state index is -0.789. The average Bonchev–Trinajstić information content (AvgIpc) is 3.18. The predicted octanol–water partition coefficient (Wildman–Crippen LogP) is 4.51. The minimum Gasteiger partial charge on any atom is -0.482 e. The van der Waals surface area contributed by atoms with Crippen LogP contribution in [0.2, 0.25) is 0 Å². The molecule has 0 bridgehead atoms. The number of nitrogen functional groups attached to an aromatic ring is 1. The number of amides is 1. The smallest absolute Gasteiger partial charge is 0.410 e. The first-order valence-corrected chi connectivity index (χ1v) is 12.1. The largest absolute Gasteiger partial charge is 0.482 e. The SMILES string of the molecule is COC(=O)c1ccc(F)cc1[C@@H](C)Oc1cc(-c2c(OC)nn(C)c2CN(C)C(=O)OC(C)(C)C)cnc1N. The molecule has 3 rings (SSSR count). The topological polar surface area (TPSA) is 131 Å². The van der Waals surface area contributed by atoms with Crippen molar-refractivity contribution in [3.05, 3.63) is 53.1 Å². The second kappa shape index (κ2) is 11.6. The molecule has 2 N–H and O–H groups in total. The molecule has 1 atom stereocenters. The van der Waals surface area contributed by atoms with Gasteiger partial charge in [-0.15, -0.1) is 5.10 Å². The Morgan fingerprint density at radius 1 is 1.21 bits per heavy atom. The van der Waals surface area contributed by atoms with Gasteiger partial charge in [-0.3, -0.25) is 4.68 Å². The summed E-state index contributed by atoms with van der Waals surface area (Å²) in [5, 5.41) is 4.43. The molecule has 39 heavy (non-hydrogen) atoms. The number of carbonyl (C=O) groups excluding carboxylic acids is 2. The van der Waals surface area contributed by atoms with Crippen molar-refractivity contribution >= 4 is 17.9 Å². The number of nitrogens with two attached hydrogens (primary N) is 1. The van der Waals surface area contributed by atoms with Crippen LogP contribution in [0.5, 0.6) is 11.6 Å². The van der Waals surface area contributed by atoms with E-state index in [-0.39, 0.29) is 29.2 Å². The second-order valence-corrected chi connectivity index (χ2v) is 9.88. The number of esters is 1. The molecule has 210 valence electrons. The third-order valence-electron chi connectivity index (χ3n) is 5.75. The van der Waals surface area contributed by atoms with Gasteiger partial charge in [-0.25, -0.2) is 19.0 Å². The summed E-state index contributed by atoms with van der Waals surface area (Å²) in [6, 6.07) is 5.36. The van der Waals surface area contributed by atoms with Crippen LogP contribution in [0.3, 0.4) is 0 Å². The Morgan fingerprint density at radius 2 is 1.90 bits per heavy atom. The first-order valence-electron chi connectivity index (χ1n) is 12.1. The van der Waals surface area contributed by atoms with Crippen LogP contribution in [0.25, 0.3) is 11.1 Å². The van der Waals surface area contributed by atoms with Gasteiger partial charge in [0.25, 0.3) is 0 Å². The van der Waals surface area contributed by atoms with Gasteiger partial charge >= 0.3 is 12.1 Å². The van der Waals surface area contributed by atoms with Crippen molar-refractivity contribution < 1.29 is 32.9 Å². The summed E-state index contributed by atoms with van der Waals surface area (Å²) < 4.78 is 37.5. The highest BCUT2D eigenvalue weighted by Crippen LogP contribution is 2.37. The maximum absolute atomic E-state index is 14.1. The maximum atomic E-state index is 14.1. The zero-order valence-corrected chi connectivity index (χ0v) is 23.4. The molecular formula is C27H34FN5O6. The van der Waals surface area contributed by atoms with E-state index in [0.29, 0.717) is 22.7 Å². The van der Waals surface area contributed by atoms with Gasteiger partial charge in [-0.05, 0) is 52.0 Å². The van der Waals surface area contributed by atoms with Crippen LogP contribution >= 0.6 is 0 Å². The molecule has 2 heterocycles. The molecular weight excluding hydrogens is 509 g/mol. The first kappa shape index (κ1) is 29.2. The number of hydrogen-bond acceptors (Lipinski definition) is 9. The zero-order chi connectivity index (χ0) is 29.1. The van der Waals surface area contributed by atoms with Crippen molar-refractivity contribution in [3.8, 4) is 22.8 Å². The van der Waals surface area contributed by atoms with Crippen LogP contribution in [-0.2, 0) is 23.1 Å². The van der Waals surface area contributed by atoms with E-state index in [1.807, 2.05) is 0 Å². The first-order chi connectivity index (χ1) is 18.2. The lowest BCUT2D eigenvalue weighted by molar-refractivity contribution is 0.0281. The number of pyridine rings is 1. The zero-order valence-electron chi connectivity index (χ0n) is 23.4. The van der Waals surface area contributed by atoms with Gasteiger partial charge < -0.3 is 29.6 Å². The fraction of sp³-hybridized carbons (Fsp3) is 0.407. The number of aromatic nitrogens is 3. The lowest BCUT2D eigenvalue weighted by Gasteiger charge is -2.25. The third-order valence-corrected chi connectivity index (χ3v) is 5.75. The average molecular weight is 544 g/mol. The summed E-state index contributed by atoms with van der Waals surface area (Å²) in [6.07, 6.45) is 0.243. The van der Waals surface area contributed by atoms with Gasteiger partial charge in [0, 0.05) is 31.4 Å². The van der Waals surface area contributed by atoms with Crippen LogP contribution in [0.4, 0.5) is 15.0 Å². The molecule has 1 amide bonds. The number of rotatable bonds is 8. The van der Waals surface area contributed by atoms with Gasteiger partial charge in [0.1, 0.15) is 17.5 Å². The van der Waals surface area contributed by atoms with E-state index in [2.05, 4.69) is 10.1 Å². The molecule has 2 aromatic heterocycles. The number of benzene rings is 1. The molecule has 12 heteroatoms. The van der Waals surface area contributed by atoms with Gasteiger partial charge in [-0.1, -0.05) is 0 Å². The van der Waals surface area contributed by atoms with Gasteiger partial charge in [0.05, 0.1) is 37.6 Å². The van der Waals surface area contributed by atoms with E-state index in [1.165, 1.54) is 43.5 Å². The Morgan fingerprint density at radius 3 is 2.51 bits per heavy atom. The summed E-state index contributed by atoms with van der Waals surface area (Å²) in [6.45, 7) is 7.17. The summed E-state index contributed by atoms with van der Waals surface area (Å²) in [4.78, 5) is 30.5. The Balaban J connectivity index is 1.99. The van der Waals surface area contributed by atoms with Crippen molar-refractivity contribution in [1.29, 1.82) is 0 Å². The summed E-state index contributed by atoms with van der Waals surface area (Å²) in [7, 11) is 6.07. The minimum absolute atomic E-state index is 0.0805. The quantitative estimate of drug-likeness (QED) is 0.408. The van der Waals surface area contributed by atoms with E-state index < -0.39 is 29.6 Å². The summed E-state index contributed by atoms with van der Waals surface area (Å²) in [5.41, 5.74) is 7.67. The normalized spacial score (nSPS) is 12.0. The maximum Gasteiger partial charge on any atom is 0.410 e. The standard InChI is InChI=1S/C27H34FN5O6/c1-15(19-12-17(28)9-10-18(19)25(34)37-8)38-21-11-16(13-30-23(21)29)22-20(33(6)31-24(22)36-7)14-32(5)26(35)39-27(2,3)4/h9-13,15H,14H2,1-8H3,(H2,29,30)/t15-/m1/s1. The van der Waals surface area contributed by atoms with E-state index in [0.717, 1.165) is 0 Å². The highest BCUT2D eigenvalue weighted by molar-refractivity contribution is 5.91. The van der Waals surface area contributed by atoms with Gasteiger partial charge in [-0.2, -0.15) is 0 Å². The fourth-order valence-corrected chi connectivity index (χ4v) is 3.88. The van der Waals surface area contributed by atoms with Crippen molar-refractivity contribution in [2.45, 2.75) is 45.9 Å². The fourth-order valence-electron chi connectivity index (χ4n) is 3.88. The number of halogens is 1. The molecule has 0 aliphatic carbocycles. The predicted molar refractivity (Wildman–Crippen MR) is 142 cm³/mol. The monoisotopic (exact) mass is 543 g/mol. The number of aryl methyl sites for hydroxylation is 1. The number of methoxy groups -OCH3 is 2. The van der Waals surface area contributed by atoms with E-state index >= 15 is 0 Å². The molecule has 0 spiro atoms. The Hall–Kier alpha value is -4.35. The molecule has 0 unspecified atom stereocenters. The second-order valence-electron chi connectivity index (χ2n) is 9.88. The van der Waals surface area contributed by atoms with E-state index in [4.69, 9.17) is 24.7 Å². The highest BCUT2D eigenvalue weighted by atomic mass is 19.1. The van der Waals surface area contributed by atoms with Crippen LogP contribution in [0.1, 0.15) is 55.4 Å². The Labute approximate surface area is 226 Å². The van der Waals surface area contributed by atoms with E-state index in [9.17, 15) is 14.0 Å². The lowest BCUT2D eigenvalue weighted by Crippen LogP contribution is -2.34. The highest BCUT2D eigenvalue weighted by Gasteiger charge is 2.26. The van der Waals surface area contributed by atoms with Crippen LogP contribution in [0, 0.1) is 5.82 Å². The Kier molecular flexibility index (Phi) is 8.68. The summed E-state index contributed by atoms with van der Waals surface area (Å²) >= 11 is 0. The third kappa shape index (κ3) is 6.75. The van der Waals surface area contributed by atoms with E-state index in [1.54, 1.807) is 52.5 Å². The van der Waals surface area contributed by atoms with Crippen LogP contribution in [-0.4, -0.2) is 58.6 Å². The number of hydrogen-bond donors (Lipinski definition) is 1. The van der Waals surface area contributed by atoms with Crippen LogP contribution < -0.4 is 15.2 Å². The molecule has 0 aliphatic rings. The van der Waals surface area contributed by atoms with Crippen molar-refractivity contribution in [1.82, 2.24) is 19.7 Å². The molecule has 0 radical (unpaired) electrons. The van der Waals surface area contributed by atoms with Gasteiger partial charge in [0.2, 0.25) is 5.88 Å². The number of ether oxygens (including phenoxy) is 4. The Bertz CT molecular complexity index is 1370. The molecule has 0 saturated heterocycles. The van der Waals surface area contributed by atoms with Crippen molar-refractivity contribution in [3.63, 3.8) is 0 Å².